The number of benzene rings is 1. The average Bonchev–Trinajstić information content (AvgIpc) is 2.76. The van der Waals surface area contributed by atoms with E-state index in [1.54, 1.807) is 6.20 Å². The molecule has 3 rings (SSSR count). The number of rotatable bonds is 7. The lowest BCUT2D eigenvalue weighted by atomic mass is 9.97. The van der Waals surface area contributed by atoms with Crippen LogP contribution >= 0.6 is 11.6 Å². The number of hydrogen-bond donors (Lipinski definition) is 3. The second-order valence-electron chi connectivity index (χ2n) is 7.35. The number of nitrogens with two attached hydrogens (primary N) is 1. The van der Waals surface area contributed by atoms with Crippen LogP contribution in [0, 0.1) is 5.92 Å². The first-order valence-electron chi connectivity index (χ1n) is 10.3. The van der Waals surface area contributed by atoms with Gasteiger partial charge in [-0.05, 0) is 43.5 Å². The Labute approximate surface area is 182 Å². The number of carbonyl (C=O) groups is 1. The minimum absolute atomic E-state index is 0.127. The highest BCUT2D eigenvalue weighted by atomic mass is 35.5. The van der Waals surface area contributed by atoms with Gasteiger partial charge in [0.1, 0.15) is 5.82 Å². The maximum absolute atomic E-state index is 11.6. The van der Waals surface area contributed by atoms with Crippen molar-refractivity contribution < 1.29 is 4.79 Å². The van der Waals surface area contributed by atoms with Gasteiger partial charge < -0.3 is 21.3 Å². The van der Waals surface area contributed by atoms with Crippen LogP contribution in [0.5, 0.6) is 0 Å². The molecular weight excluding hydrogens is 400 g/mol. The van der Waals surface area contributed by atoms with Crippen LogP contribution in [0.3, 0.4) is 0 Å². The Hall–Kier alpha value is -2.80. The highest BCUT2D eigenvalue weighted by Gasteiger charge is 2.25. The number of carbonyl (C=O) groups excluding carboxylic acids is 1. The van der Waals surface area contributed by atoms with Crippen molar-refractivity contribution in [3.8, 4) is 0 Å². The van der Waals surface area contributed by atoms with Gasteiger partial charge in [-0.2, -0.15) is 0 Å². The summed E-state index contributed by atoms with van der Waals surface area (Å²) in [6.45, 7) is 5.38. The first-order chi connectivity index (χ1) is 14.6. The summed E-state index contributed by atoms with van der Waals surface area (Å²) in [5.74, 6) is 1.25. The van der Waals surface area contributed by atoms with E-state index in [0.29, 0.717) is 24.7 Å². The Kier molecular flexibility index (Phi) is 7.90. The van der Waals surface area contributed by atoms with Gasteiger partial charge in [0.05, 0.1) is 12.5 Å². The highest BCUT2D eigenvalue weighted by molar-refractivity contribution is 6.30. The van der Waals surface area contributed by atoms with Gasteiger partial charge in [-0.15, -0.1) is 0 Å². The number of nitrogens with one attached hydrogen (secondary N) is 2. The fraction of sp³-hybridized carbons (Fsp3) is 0.409. The molecule has 0 aliphatic carbocycles. The molecule has 0 spiro atoms. The summed E-state index contributed by atoms with van der Waals surface area (Å²) in [5.41, 5.74) is 7.64. The van der Waals surface area contributed by atoms with E-state index in [2.05, 4.69) is 25.5 Å². The quantitative estimate of drug-likeness (QED) is 0.465. The summed E-state index contributed by atoms with van der Waals surface area (Å²) >= 11 is 6.06. The Morgan fingerprint density at radius 1 is 1.33 bits per heavy atom. The Balaban J connectivity index is 1.69. The molecular formula is C22H29ClN6O. The summed E-state index contributed by atoms with van der Waals surface area (Å²) < 4.78 is 0. The van der Waals surface area contributed by atoms with Crippen LogP contribution in [-0.2, 0) is 17.9 Å². The smallest absolute Gasteiger partial charge is 0.222 e. The van der Waals surface area contributed by atoms with E-state index in [1.807, 2.05) is 43.3 Å². The van der Waals surface area contributed by atoms with Gasteiger partial charge in [-0.3, -0.25) is 4.79 Å². The lowest BCUT2D eigenvalue weighted by Gasteiger charge is -2.33. The van der Waals surface area contributed by atoms with Crippen molar-refractivity contribution in [3.05, 3.63) is 58.7 Å². The number of hydrogen-bond acceptors (Lipinski definition) is 4. The van der Waals surface area contributed by atoms with Crippen molar-refractivity contribution in [2.45, 2.75) is 32.9 Å². The second kappa shape index (κ2) is 10.8. The van der Waals surface area contributed by atoms with Gasteiger partial charge in [0.2, 0.25) is 5.91 Å². The Bertz CT molecular complexity index is 887. The van der Waals surface area contributed by atoms with Gasteiger partial charge >= 0.3 is 0 Å². The van der Waals surface area contributed by atoms with Crippen molar-refractivity contribution in [1.29, 1.82) is 0 Å². The molecule has 1 saturated heterocycles. The van der Waals surface area contributed by atoms with Crippen LogP contribution in [-0.4, -0.2) is 36.5 Å². The zero-order valence-electron chi connectivity index (χ0n) is 17.3. The molecule has 1 aliphatic heterocycles. The first-order valence-corrected chi connectivity index (χ1v) is 10.7. The second-order valence-corrected chi connectivity index (χ2v) is 7.79. The molecule has 4 N–H and O–H groups in total. The number of aromatic nitrogens is 1. The molecule has 1 aromatic heterocycles. The number of anilines is 1. The Morgan fingerprint density at radius 2 is 2.20 bits per heavy atom. The van der Waals surface area contributed by atoms with Crippen molar-refractivity contribution >= 4 is 29.3 Å². The molecule has 1 unspecified atom stereocenters. The van der Waals surface area contributed by atoms with Gasteiger partial charge in [-0.25, -0.2) is 9.98 Å². The number of pyridine rings is 1. The molecule has 2 heterocycles. The van der Waals surface area contributed by atoms with Gasteiger partial charge in [0, 0.05) is 43.0 Å². The van der Waals surface area contributed by atoms with Gasteiger partial charge in [0.15, 0.2) is 5.96 Å². The lowest BCUT2D eigenvalue weighted by molar-refractivity contribution is -0.122. The molecule has 30 heavy (non-hydrogen) atoms. The molecule has 1 atom stereocenters. The molecule has 1 fully saturated rings. The third-order valence-electron chi connectivity index (χ3n) is 5.09. The summed E-state index contributed by atoms with van der Waals surface area (Å²) in [4.78, 5) is 23.0. The number of nitrogens with zero attached hydrogens (tertiary/aromatic N) is 3. The molecule has 7 nitrogen and oxygen atoms in total. The maximum Gasteiger partial charge on any atom is 0.222 e. The predicted octanol–water partition coefficient (Wildman–Crippen LogP) is 2.69. The number of guanidine groups is 1. The van der Waals surface area contributed by atoms with Gasteiger partial charge in [-0.1, -0.05) is 29.8 Å². The summed E-state index contributed by atoms with van der Waals surface area (Å²) in [6, 6.07) is 11.7. The number of halogens is 1. The van der Waals surface area contributed by atoms with Crippen LogP contribution in [0.1, 0.15) is 30.9 Å². The van der Waals surface area contributed by atoms with Crippen LogP contribution in [0.2, 0.25) is 5.02 Å². The Morgan fingerprint density at radius 3 is 2.97 bits per heavy atom. The number of primary amides is 1. The van der Waals surface area contributed by atoms with E-state index < -0.39 is 0 Å². The topological polar surface area (TPSA) is 95.6 Å². The van der Waals surface area contributed by atoms with Crippen LogP contribution in [0.15, 0.2) is 47.6 Å². The summed E-state index contributed by atoms with van der Waals surface area (Å²) in [7, 11) is 0. The van der Waals surface area contributed by atoms with Crippen LogP contribution in [0.4, 0.5) is 5.82 Å². The normalized spacial score (nSPS) is 16.9. The molecule has 2 aromatic rings. The highest BCUT2D eigenvalue weighted by Crippen LogP contribution is 2.24. The molecule has 0 radical (unpaired) electrons. The molecule has 1 aliphatic rings. The number of amides is 1. The van der Waals surface area contributed by atoms with E-state index in [-0.39, 0.29) is 11.8 Å². The van der Waals surface area contributed by atoms with E-state index in [4.69, 9.17) is 17.3 Å². The van der Waals surface area contributed by atoms with Crippen LogP contribution < -0.4 is 21.3 Å². The molecule has 8 heteroatoms. The number of piperidine rings is 1. The van der Waals surface area contributed by atoms with E-state index in [9.17, 15) is 4.79 Å². The molecule has 1 aromatic carbocycles. The summed E-state index contributed by atoms with van der Waals surface area (Å²) in [6.07, 6.45) is 3.55. The molecule has 0 saturated carbocycles. The van der Waals surface area contributed by atoms with E-state index in [1.165, 1.54) is 0 Å². The zero-order valence-corrected chi connectivity index (χ0v) is 18.0. The van der Waals surface area contributed by atoms with Crippen molar-refractivity contribution in [2.24, 2.45) is 16.6 Å². The van der Waals surface area contributed by atoms with E-state index >= 15 is 0 Å². The van der Waals surface area contributed by atoms with Crippen molar-refractivity contribution in [1.82, 2.24) is 15.6 Å². The third kappa shape index (κ3) is 6.10. The standard InChI is InChI=1S/C22H29ClN6O/c1-2-25-22(27-13-16-6-3-9-19(23)12-16)28-14-17-7-4-10-26-21(17)29-11-5-8-18(15-29)20(24)30/h3-4,6-7,9-10,12,18H,2,5,8,11,13-15H2,1H3,(H2,24,30)(H2,25,27,28). The van der Waals surface area contributed by atoms with Crippen LogP contribution in [0.25, 0.3) is 0 Å². The fourth-order valence-corrected chi connectivity index (χ4v) is 3.79. The largest absolute Gasteiger partial charge is 0.369 e. The van der Waals surface area contributed by atoms with Gasteiger partial charge in [0.25, 0.3) is 0 Å². The molecule has 160 valence electrons. The minimum Gasteiger partial charge on any atom is -0.369 e. The molecule has 1 amide bonds. The number of aliphatic imine (C=N–C) groups is 1. The van der Waals surface area contributed by atoms with Crippen molar-refractivity contribution in [2.75, 3.05) is 24.5 Å². The monoisotopic (exact) mass is 428 g/mol. The zero-order chi connectivity index (χ0) is 21.3. The average molecular weight is 429 g/mol. The first kappa shape index (κ1) is 21.9. The SMILES string of the molecule is CCNC(=NCc1cccc(Cl)c1)NCc1cccnc1N1CCCC(C(N)=O)C1. The lowest BCUT2D eigenvalue weighted by Crippen LogP contribution is -2.42. The molecule has 0 bridgehead atoms. The fourth-order valence-electron chi connectivity index (χ4n) is 3.58. The van der Waals surface area contributed by atoms with Crippen molar-refractivity contribution in [3.63, 3.8) is 0 Å². The third-order valence-corrected chi connectivity index (χ3v) is 5.33. The summed E-state index contributed by atoms with van der Waals surface area (Å²) in [5, 5.41) is 7.36. The minimum atomic E-state index is -0.238. The predicted molar refractivity (Wildman–Crippen MR) is 121 cm³/mol. The maximum atomic E-state index is 11.6. The van der Waals surface area contributed by atoms with E-state index in [0.717, 1.165) is 48.8 Å².